The predicted octanol–water partition coefficient (Wildman–Crippen LogP) is 1.57. The summed E-state index contributed by atoms with van der Waals surface area (Å²) in [5, 5.41) is -0.535. The molecule has 0 spiro atoms. The molecule has 3 rings (SSSR count). The Morgan fingerprint density at radius 1 is 1.12 bits per heavy atom. The maximum absolute atomic E-state index is 12.3. The standard InChI is InChI=1S/C13H13O3S/c14-11-9-5-1-2-6-10(9)16-13(15)12(11)17-7-3-4-8-17/h1-2,5-6,12H,3-4,7-8H2/q+1/t12-/m0/s1. The van der Waals surface area contributed by atoms with Crippen LogP contribution in [0.3, 0.4) is 0 Å². The average molecular weight is 249 g/mol. The summed E-state index contributed by atoms with van der Waals surface area (Å²) >= 11 is 0. The van der Waals surface area contributed by atoms with Crippen LogP contribution in [0.5, 0.6) is 5.75 Å². The number of benzene rings is 1. The monoisotopic (exact) mass is 249 g/mol. The number of ether oxygens (including phenoxy) is 1. The van der Waals surface area contributed by atoms with Gasteiger partial charge in [0.15, 0.2) is 0 Å². The van der Waals surface area contributed by atoms with Crippen molar-refractivity contribution in [2.75, 3.05) is 11.5 Å². The molecule has 0 radical (unpaired) electrons. The van der Waals surface area contributed by atoms with Gasteiger partial charge in [0.25, 0.3) is 5.25 Å². The fraction of sp³-hybridized carbons (Fsp3) is 0.385. The molecule has 1 aromatic rings. The van der Waals surface area contributed by atoms with E-state index in [1.165, 1.54) is 0 Å². The minimum Gasteiger partial charge on any atom is -0.422 e. The van der Waals surface area contributed by atoms with Crippen LogP contribution in [0, 0.1) is 0 Å². The molecule has 0 saturated carbocycles. The second-order valence-corrected chi connectivity index (χ2v) is 6.68. The van der Waals surface area contributed by atoms with Gasteiger partial charge in [-0.3, -0.25) is 4.79 Å². The lowest BCUT2D eigenvalue weighted by molar-refractivity contribution is -0.133. The van der Waals surface area contributed by atoms with Crippen LogP contribution >= 0.6 is 0 Å². The van der Waals surface area contributed by atoms with Crippen LogP contribution in [0.2, 0.25) is 0 Å². The van der Waals surface area contributed by atoms with Crippen LogP contribution in [-0.4, -0.2) is 28.5 Å². The van der Waals surface area contributed by atoms with E-state index >= 15 is 0 Å². The molecule has 2 heterocycles. The second-order valence-electron chi connectivity index (χ2n) is 4.31. The van der Waals surface area contributed by atoms with Crippen LogP contribution in [0.15, 0.2) is 24.3 Å². The molecule has 88 valence electrons. The smallest absolute Gasteiger partial charge is 0.373 e. The van der Waals surface area contributed by atoms with Crippen LogP contribution in [0.25, 0.3) is 0 Å². The molecule has 4 heteroatoms. The lowest BCUT2D eigenvalue weighted by Crippen LogP contribution is -2.44. The van der Waals surface area contributed by atoms with Gasteiger partial charge in [-0.2, -0.15) is 0 Å². The van der Waals surface area contributed by atoms with E-state index in [1.54, 1.807) is 18.2 Å². The Hall–Kier alpha value is -1.29. The Morgan fingerprint density at radius 3 is 2.59 bits per heavy atom. The Kier molecular flexibility index (Phi) is 2.67. The maximum atomic E-state index is 12.3. The fourth-order valence-corrected chi connectivity index (χ4v) is 4.94. The molecule has 0 amide bonds. The highest BCUT2D eigenvalue weighted by molar-refractivity contribution is 7.99. The summed E-state index contributed by atoms with van der Waals surface area (Å²) in [6.45, 7) is 0. The van der Waals surface area contributed by atoms with E-state index in [-0.39, 0.29) is 22.6 Å². The van der Waals surface area contributed by atoms with Crippen LogP contribution in [-0.2, 0) is 15.7 Å². The first-order chi connectivity index (χ1) is 8.27. The van der Waals surface area contributed by atoms with Crippen molar-refractivity contribution in [3.8, 4) is 5.75 Å². The van der Waals surface area contributed by atoms with Gasteiger partial charge in [-0.05, 0) is 25.0 Å². The van der Waals surface area contributed by atoms with E-state index < -0.39 is 5.25 Å². The molecule has 1 saturated heterocycles. The Bertz CT molecular complexity index is 477. The zero-order valence-electron chi connectivity index (χ0n) is 9.35. The summed E-state index contributed by atoms with van der Waals surface area (Å²) in [5.41, 5.74) is 0.566. The molecule has 0 aliphatic carbocycles. The highest BCUT2D eigenvalue weighted by atomic mass is 32.2. The number of hydrogen-bond donors (Lipinski definition) is 0. The largest absolute Gasteiger partial charge is 0.422 e. The van der Waals surface area contributed by atoms with Gasteiger partial charge < -0.3 is 4.74 Å². The normalized spacial score (nSPS) is 24.6. The summed E-state index contributed by atoms with van der Waals surface area (Å²) in [5.74, 6) is 2.02. The lowest BCUT2D eigenvalue weighted by Gasteiger charge is -2.20. The molecule has 2 aliphatic rings. The highest BCUT2D eigenvalue weighted by Crippen LogP contribution is 2.31. The van der Waals surface area contributed by atoms with Crippen LogP contribution in [0.1, 0.15) is 23.2 Å². The highest BCUT2D eigenvalue weighted by Gasteiger charge is 2.49. The topological polar surface area (TPSA) is 43.4 Å². The van der Waals surface area contributed by atoms with E-state index in [1.807, 2.05) is 6.07 Å². The number of esters is 1. The summed E-state index contributed by atoms with van der Waals surface area (Å²) in [6.07, 6.45) is 2.25. The van der Waals surface area contributed by atoms with E-state index in [2.05, 4.69) is 0 Å². The van der Waals surface area contributed by atoms with Gasteiger partial charge in [0, 0.05) is 10.9 Å². The molecule has 2 aliphatic heterocycles. The summed E-state index contributed by atoms with van der Waals surface area (Å²) in [6, 6.07) is 7.01. The molecule has 1 atom stereocenters. The maximum Gasteiger partial charge on any atom is 0.373 e. The Morgan fingerprint density at radius 2 is 1.82 bits per heavy atom. The number of rotatable bonds is 1. The van der Waals surface area contributed by atoms with E-state index in [4.69, 9.17) is 4.74 Å². The molecule has 17 heavy (non-hydrogen) atoms. The first kappa shape index (κ1) is 10.8. The molecule has 0 unspecified atom stereocenters. The zero-order valence-corrected chi connectivity index (χ0v) is 10.2. The SMILES string of the molecule is O=C1Oc2ccccc2C(=O)[C@@H]1[S+]1CCCC1. The van der Waals surface area contributed by atoms with Crippen molar-refractivity contribution in [3.05, 3.63) is 29.8 Å². The van der Waals surface area contributed by atoms with Crippen molar-refractivity contribution in [2.45, 2.75) is 18.1 Å². The number of hydrogen-bond acceptors (Lipinski definition) is 3. The third-order valence-electron chi connectivity index (χ3n) is 3.21. The number of carbonyl (C=O) groups excluding carboxylic acids is 2. The first-order valence-electron chi connectivity index (χ1n) is 5.78. The Balaban J connectivity index is 1.97. The predicted molar refractivity (Wildman–Crippen MR) is 66.5 cm³/mol. The third-order valence-corrected chi connectivity index (χ3v) is 5.91. The molecule has 0 aromatic heterocycles. The molecule has 0 bridgehead atoms. The average Bonchev–Trinajstić information content (AvgIpc) is 2.83. The van der Waals surface area contributed by atoms with E-state index in [9.17, 15) is 9.59 Å². The zero-order chi connectivity index (χ0) is 11.8. The van der Waals surface area contributed by atoms with Crippen molar-refractivity contribution in [2.24, 2.45) is 0 Å². The van der Waals surface area contributed by atoms with Crippen molar-refractivity contribution in [1.82, 2.24) is 0 Å². The minimum atomic E-state index is -0.535. The fourth-order valence-electron chi connectivity index (χ4n) is 2.37. The van der Waals surface area contributed by atoms with Gasteiger partial charge in [0.05, 0.1) is 5.56 Å². The van der Waals surface area contributed by atoms with Crippen LogP contribution in [0.4, 0.5) is 0 Å². The van der Waals surface area contributed by atoms with Gasteiger partial charge in [-0.1, -0.05) is 12.1 Å². The van der Waals surface area contributed by atoms with E-state index in [0.717, 1.165) is 24.3 Å². The van der Waals surface area contributed by atoms with Gasteiger partial charge in [0.1, 0.15) is 17.3 Å². The van der Waals surface area contributed by atoms with Crippen LogP contribution < -0.4 is 4.74 Å². The summed E-state index contributed by atoms with van der Waals surface area (Å²) in [7, 11) is -0.105. The molecule has 1 aromatic carbocycles. The van der Waals surface area contributed by atoms with Crippen molar-refractivity contribution in [1.29, 1.82) is 0 Å². The molecular weight excluding hydrogens is 236 g/mol. The molecule has 0 N–H and O–H groups in total. The minimum absolute atomic E-state index is 0.0397. The Labute approximate surface area is 103 Å². The molecular formula is C13H13O3S+. The van der Waals surface area contributed by atoms with Gasteiger partial charge >= 0.3 is 5.97 Å². The molecule has 1 fully saturated rings. The number of carbonyl (C=O) groups is 2. The second kappa shape index (κ2) is 4.18. The van der Waals surface area contributed by atoms with Gasteiger partial charge in [0.2, 0.25) is 5.78 Å². The van der Waals surface area contributed by atoms with Crippen molar-refractivity contribution in [3.63, 3.8) is 0 Å². The number of para-hydroxylation sites is 1. The summed E-state index contributed by atoms with van der Waals surface area (Å²) < 4.78 is 5.27. The molecule has 3 nitrogen and oxygen atoms in total. The third kappa shape index (κ3) is 1.76. The van der Waals surface area contributed by atoms with Gasteiger partial charge in [-0.25, -0.2) is 4.79 Å². The summed E-state index contributed by atoms with van der Waals surface area (Å²) in [4.78, 5) is 24.2. The first-order valence-corrected chi connectivity index (χ1v) is 7.41. The lowest BCUT2D eigenvalue weighted by atomic mass is 10.0. The van der Waals surface area contributed by atoms with E-state index in [0.29, 0.717) is 11.3 Å². The van der Waals surface area contributed by atoms with Gasteiger partial charge in [-0.15, -0.1) is 0 Å². The van der Waals surface area contributed by atoms with Crippen molar-refractivity contribution < 1.29 is 14.3 Å². The van der Waals surface area contributed by atoms with Crippen molar-refractivity contribution >= 4 is 22.6 Å². The number of ketones is 1. The number of fused-ring (bicyclic) bond motifs is 1. The quantitative estimate of drug-likeness (QED) is 0.328. The number of Topliss-reactive ketones (excluding diaryl/α,β-unsaturated/α-hetero) is 1.